The van der Waals surface area contributed by atoms with Crippen LogP contribution in [-0.4, -0.2) is 25.8 Å². The van der Waals surface area contributed by atoms with Crippen molar-refractivity contribution in [2.24, 2.45) is 4.99 Å². The molecular weight excluding hydrogens is 100 g/mol. The highest BCUT2D eigenvalue weighted by Crippen LogP contribution is 2.01. The Bertz CT molecular complexity index is 82.5. The van der Waals surface area contributed by atoms with E-state index in [-0.39, 0.29) is 0 Å². The van der Waals surface area contributed by atoms with Gasteiger partial charge in [0, 0.05) is 19.3 Å². The Kier molecular flexibility index (Phi) is 2.03. The van der Waals surface area contributed by atoms with E-state index in [0.717, 1.165) is 6.54 Å². The molecule has 1 aliphatic heterocycles. The number of rotatable bonds is 1. The van der Waals surface area contributed by atoms with Crippen molar-refractivity contribution in [3.63, 3.8) is 0 Å². The number of hydrogen-bond donors (Lipinski definition) is 1. The molecule has 1 aliphatic rings. The van der Waals surface area contributed by atoms with Crippen LogP contribution in [0.15, 0.2) is 4.99 Å². The lowest BCUT2D eigenvalue weighted by Gasteiger charge is -1.98. The van der Waals surface area contributed by atoms with Crippen molar-refractivity contribution in [1.82, 2.24) is 5.32 Å². The lowest BCUT2D eigenvalue weighted by molar-refractivity contribution is 0.773. The van der Waals surface area contributed by atoms with Gasteiger partial charge in [-0.05, 0) is 19.4 Å². The summed E-state index contributed by atoms with van der Waals surface area (Å²) in [6.45, 7) is 1.16. The molecule has 1 unspecified atom stereocenters. The summed E-state index contributed by atoms with van der Waals surface area (Å²) in [7, 11) is 1.82. The highest BCUT2D eigenvalue weighted by Gasteiger charge is 2.09. The Balaban J connectivity index is 2.24. The maximum atomic E-state index is 3.93. The third-order valence-electron chi connectivity index (χ3n) is 1.43. The van der Waals surface area contributed by atoms with Gasteiger partial charge in [0.25, 0.3) is 0 Å². The van der Waals surface area contributed by atoms with Crippen LogP contribution in [0.25, 0.3) is 0 Å². The molecule has 0 aromatic carbocycles. The molecule has 0 bridgehead atoms. The van der Waals surface area contributed by atoms with E-state index in [1.165, 1.54) is 12.8 Å². The molecule has 0 spiro atoms. The minimum Gasteiger partial charge on any atom is -0.309 e. The van der Waals surface area contributed by atoms with E-state index in [1.54, 1.807) is 0 Å². The maximum Gasteiger partial charge on any atom is 0.0420 e. The molecule has 0 amide bonds. The Labute approximate surface area is 50.0 Å². The zero-order chi connectivity index (χ0) is 5.82. The quantitative estimate of drug-likeness (QED) is 0.489. The topological polar surface area (TPSA) is 24.4 Å². The molecule has 1 N–H and O–H groups in total. The van der Waals surface area contributed by atoms with Gasteiger partial charge in [-0.25, -0.2) is 0 Å². The van der Waals surface area contributed by atoms with Gasteiger partial charge in [-0.15, -0.1) is 0 Å². The van der Waals surface area contributed by atoms with E-state index in [9.17, 15) is 0 Å². The normalized spacial score (nSPS) is 29.9. The van der Waals surface area contributed by atoms with E-state index >= 15 is 0 Å². The minimum atomic E-state index is 0.569. The SMILES string of the molecule is CN=CC1CCCN1. The fraction of sp³-hybridized carbons (Fsp3) is 0.833. The average molecular weight is 112 g/mol. The molecule has 46 valence electrons. The molecule has 1 atom stereocenters. The third kappa shape index (κ3) is 1.30. The van der Waals surface area contributed by atoms with Crippen molar-refractivity contribution < 1.29 is 0 Å². The summed E-state index contributed by atoms with van der Waals surface area (Å²) >= 11 is 0. The van der Waals surface area contributed by atoms with Crippen molar-refractivity contribution >= 4 is 6.21 Å². The van der Waals surface area contributed by atoms with Crippen molar-refractivity contribution in [3.8, 4) is 0 Å². The van der Waals surface area contributed by atoms with Crippen LogP contribution in [0.2, 0.25) is 0 Å². The lowest BCUT2D eigenvalue weighted by atomic mass is 10.2. The van der Waals surface area contributed by atoms with Crippen LogP contribution in [0.1, 0.15) is 12.8 Å². The van der Waals surface area contributed by atoms with Gasteiger partial charge in [0.2, 0.25) is 0 Å². The van der Waals surface area contributed by atoms with Crippen molar-refractivity contribution in [1.29, 1.82) is 0 Å². The predicted octanol–water partition coefficient (Wildman–Crippen LogP) is 0.439. The van der Waals surface area contributed by atoms with E-state index in [1.807, 2.05) is 13.3 Å². The summed E-state index contributed by atoms with van der Waals surface area (Å²) in [6.07, 6.45) is 4.54. The minimum absolute atomic E-state index is 0.569. The lowest BCUT2D eigenvalue weighted by Crippen LogP contribution is -2.22. The summed E-state index contributed by atoms with van der Waals surface area (Å²) in [5, 5.41) is 3.31. The first kappa shape index (κ1) is 5.76. The van der Waals surface area contributed by atoms with Crippen molar-refractivity contribution in [2.75, 3.05) is 13.6 Å². The molecule has 0 aliphatic carbocycles. The van der Waals surface area contributed by atoms with Crippen LogP contribution < -0.4 is 5.32 Å². The van der Waals surface area contributed by atoms with Crippen LogP contribution >= 0.6 is 0 Å². The van der Waals surface area contributed by atoms with Gasteiger partial charge in [-0.3, -0.25) is 4.99 Å². The first-order chi connectivity index (χ1) is 3.93. The second-order valence-corrected chi connectivity index (χ2v) is 2.11. The van der Waals surface area contributed by atoms with E-state index in [0.29, 0.717) is 6.04 Å². The summed E-state index contributed by atoms with van der Waals surface area (Å²) in [6, 6.07) is 0.569. The Morgan fingerprint density at radius 2 is 2.62 bits per heavy atom. The molecule has 0 radical (unpaired) electrons. The van der Waals surface area contributed by atoms with Gasteiger partial charge in [0.15, 0.2) is 0 Å². The van der Waals surface area contributed by atoms with Crippen LogP contribution in [0.4, 0.5) is 0 Å². The largest absolute Gasteiger partial charge is 0.309 e. The predicted molar refractivity (Wildman–Crippen MR) is 35.4 cm³/mol. The first-order valence-electron chi connectivity index (χ1n) is 3.09. The smallest absolute Gasteiger partial charge is 0.0420 e. The fourth-order valence-electron chi connectivity index (χ4n) is 1.02. The van der Waals surface area contributed by atoms with E-state index in [2.05, 4.69) is 10.3 Å². The van der Waals surface area contributed by atoms with E-state index in [4.69, 9.17) is 0 Å². The number of nitrogens with one attached hydrogen (secondary N) is 1. The Hall–Kier alpha value is -0.370. The van der Waals surface area contributed by atoms with Crippen LogP contribution in [0.5, 0.6) is 0 Å². The molecule has 2 nitrogen and oxygen atoms in total. The standard InChI is InChI=1S/C6H12N2/c1-7-5-6-3-2-4-8-6/h5-6,8H,2-4H2,1H3. The van der Waals surface area contributed by atoms with Crippen molar-refractivity contribution in [2.45, 2.75) is 18.9 Å². The second kappa shape index (κ2) is 2.82. The molecule has 0 aromatic rings. The Morgan fingerprint density at radius 1 is 1.75 bits per heavy atom. The number of aliphatic imine (C=N–C) groups is 1. The molecule has 1 saturated heterocycles. The van der Waals surface area contributed by atoms with Gasteiger partial charge in [0.1, 0.15) is 0 Å². The molecule has 0 saturated carbocycles. The van der Waals surface area contributed by atoms with Gasteiger partial charge >= 0.3 is 0 Å². The summed E-state index contributed by atoms with van der Waals surface area (Å²) in [5.41, 5.74) is 0. The molecule has 1 rings (SSSR count). The summed E-state index contributed by atoms with van der Waals surface area (Å²) in [5.74, 6) is 0. The monoisotopic (exact) mass is 112 g/mol. The Morgan fingerprint density at radius 3 is 3.12 bits per heavy atom. The van der Waals surface area contributed by atoms with Gasteiger partial charge in [-0.2, -0.15) is 0 Å². The van der Waals surface area contributed by atoms with E-state index < -0.39 is 0 Å². The molecule has 8 heavy (non-hydrogen) atoms. The van der Waals surface area contributed by atoms with Crippen LogP contribution in [-0.2, 0) is 0 Å². The molecule has 2 heteroatoms. The van der Waals surface area contributed by atoms with Gasteiger partial charge in [-0.1, -0.05) is 0 Å². The highest BCUT2D eigenvalue weighted by atomic mass is 14.9. The second-order valence-electron chi connectivity index (χ2n) is 2.11. The summed E-state index contributed by atoms with van der Waals surface area (Å²) in [4.78, 5) is 3.93. The average Bonchev–Trinajstić information content (AvgIpc) is 2.19. The highest BCUT2D eigenvalue weighted by molar-refractivity contribution is 5.64. The molecular formula is C6H12N2. The number of nitrogens with zero attached hydrogens (tertiary/aromatic N) is 1. The summed E-state index contributed by atoms with van der Waals surface area (Å²) < 4.78 is 0. The zero-order valence-electron chi connectivity index (χ0n) is 5.22. The van der Waals surface area contributed by atoms with Gasteiger partial charge < -0.3 is 5.32 Å². The number of hydrogen-bond acceptors (Lipinski definition) is 2. The molecule has 0 aromatic heterocycles. The maximum absolute atomic E-state index is 3.93. The third-order valence-corrected chi connectivity index (χ3v) is 1.43. The molecule has 1 heterocycles. The van der Waals surface area contributed by atoms with Crippen LogP contribution in [0, 0.1) is 0 Å². The van der Waals surface area contributed by atoms with Crippen molar-refractivity contribution in [3.05, 3.63) is 0 Å². The first-order valence-corrected chi connectivity index (χ1v) is 3.09. The van der Waals surface area contributed by atoms with Crippen LogP contribution in [0.3, 0.4) is 0 Å². The molecule has 1 fully saturated rings. The fourth-order valence-corrected chi connectivity index (χ4v) is 1.02. The zero-order valence-corrected chi connectivity index (χ0v) is 5.22. The van der Waals surface area contributed by atoms with Gasteiger partial charge in [0.05, 0.1) is 0 Å².